The minimum Gasteiger partial charge on any atom is -0.378 e. The van der Waals surface area contributed by atoms with Crippen LogP contribution in [-0.4, -0.2) is 51.5 Å². The molecule has 1 saturated heterocycles. The molecule has 5 rings (SSSR count). The Bertz CT molecular complexity index is 1130. The zero-order valence-corrected chi connectivity index (χ0v) is 15.7. The zero-order chi connectivity index (χ0) is 19.6. The van der Waals surface area contributed by atoms with E-state index in [-0.39, 0.29) is 5.95 Å². The van der Waals surface area contributed by atoms with Crippen LogP contribution in [0, 0.1) is 0 Å². The molecular weight excluding hydrogens is 368 g/mol. The van der Waals surface area contributed by atoms with Gasteiger partial charge in [-0.1, -0.05) is 0 Å². The Morgan fingerprint density at radius 1 is 1.07 bits per heavy atom. The molecule has 29 heavy (non-hydrogen) atoms. The predicted octanol–water partition coefficient (Wildman–Crippen LogP) is 2.58. The van der Waals surface area contributed by atoms with Crippen molar-refractivity contribution in [1.29, 1.82) is 0 Å². The third kappa shape index (κ3) is 3.55. The fourth-order valence-electron chi connectivity index (χ4n) is 3.41. The summed E-state index contributed by atoms with van der Waals surface area (Å²) in [6.45, 7) is 3.20. The van der Waals surface area contributed by atoms with E-state index in [0.29, 0.717) is 5.82 Å². The normalized spacial score (nSPS) is 14.3. The summed E-state index contributed by atoms with van der Waals surface area (Å²) in [6.07, 6.45) is 3.49. The van der Waals surface area contributed by atoms with Gasteiger partial charge in [0.2, 0.25) is 5.95 Å². The minimum atomic E-state index is 0.228. The second-order valence-electron chi connectivity index (χ2n) is 6.76. The highest BCUT2D eigenvalue weighted by Crippen LogP contribution is 2.30. The van der Waals surface area contributed by atoms with Crippen molar-refractivity contribution in [3.63, 3.8) is 0 Å². The molecule has 9 nitrogen and oxygen atoms in total. The number of anilines is 4. The highest BCUT2D eigenvalue weighted by atomic mass is 16.5. The summed E-state index contributed by atoms with van der Waals surface area (Å²) >= 11 is 0. The van der Waals surface area contributed by atoms with Gasteiger partial charge in [0.15, 0.2) is 0 Å². The predicted molar refractivity (Wildman–Crippen MR) is 112 cm³/mol. The number of rotatable bonds is 4. The number of benzene rings is 1. The molecule has 3 aromatic heterocycles. The first-order chi connectivity index (χ1) is 14.3. The summed E-state index contributed by atoms with van der Waals surface area (Å²) in [6, 6.07) is 11.8. The van der Waals surface area contributed by atoms with Crippen molar-refractivity contribution in [3.8, 4) is 11.3 Å². The molecule has 1 fully saturated rings. The van der Waals surface area contributed by atoms with E-state index in [2.05, 4.69) is 41.4 Å². The SMILES string of the molecule is Nc1nccc(Nc2ccc3[nH]nc(-c4ccc(N5CCOCC5)nc4)c3c2)n1. The van der Waals surface area contributed by atoms with Crippen LogP contribution in [0.15, 0.2) is 48.8 Å². The molecular formula is C20H20N8O. The lowest BCUT2D eigenvalue weighted by Crippen LogP contribution is -2.36. The van der Waals surface area contributed by atoms with Crippen LogP contribution in [0.25, 0.3) is 22.2 Å². The number of nitrogens with two attached hydrogens (primary N) is 1. The van der Waals surface area contributed by atoms with Gasteiger partial charge < -0.3 is 20.7 Å². The van der Waals surface area contributed by atoms with Gasteiger partial charge in [-0.15, -0.1) is 0 Å². The minimum absolute atomic E-state index is 0.228. The molecule has 0 unspecified atom stereocenters. The molecule has 0 spiro atoms. The molecule has 0 bridgehead atoms. The summed E-state index contributed by atoms with van der Waals surface area (Å²) in [4.78, 5) is 15.0. The number of nitrogen functional groups attached to an aromatic ring is 1. The van der Waals surface area contributed by atoms with Crippen molar-refractivity contribution in [1.82, 2.24) is 25.1 Å². The Kier molecular flexibility index (Phi) is 4.41. The Balaban J connectivity index is 1.44. The molecule has 0 aliphatic carbocycles. The third-order valence-corrected chi connectivity index (χ3v) is 4.87. The van der Waals surface area contributed by atoms with Crippen LogP contribution in [0.2, 0.25) is 0 Å². The second-order valence-corrected chi connectivity index (χ2v) is 6.76. The first kappa shape index (κ1) is 17.4. The molecule has 1 aromatic carbocycles. The number of H-pyrrole nitrogens is 1. The quantitative estimate of drug-likeness (QED) is 0.488. The van der Waals surface area contributed by atoms with Gasteiger partial charge in [-0.3, -0.25) is 5.10 Å². The van der Waals surface area contributed by atoms with Crippen LogP contribution < -0.4 is 16.0 Å². The molecule has 0 radical (unpaired) electrons. The van der Waals surface area contributed by atoms with Crippen molar-refractivity contribution in [2.45, 2.75) is 0 Å². The molecule has 1 aliphatic heterocycles. The Morgan fingerprint density at radius 2 is 1.97 bits per heavy atom. The first-order valence-corrected chi connectivity index (χ1v) is 9.39. The van der Waals surface area contributed by atoms with E-state index in [9.17, 15) is 0 Å². The molecule has 0 saturated carbocycles. The van der Waals surface area contributed by atoms with Gasteiger partial charge in [0.25, 0.3) is 0 Å². The number of hydrogen-bond acceptors (Lipinski definition) is 8. The topological polar surface area (TPSA) is 118 Å². The summed E-state index contributed by atoms with van der Waals surface area (Å²) in [5, 5.41) is 11.8. The van der Waals surface area contributed by atoms with E-state index in [4.69, 9.17) is 10.5 Å². The smallest absolute Gasteiger partial charge is 0.221 e. The standard InChI is InChI=1S/C20H20N8O/c21-20-22-6-5-17(25-20)24-14-2-3-16-15(11-14)19(27-26-16)13-1-4-18(23-12-13)28-7-9-29-10-8-28/h1-6,11-12H,7-10H2,(H,26,27)(H3,21,22,24,25). The van der Waals surface area contributed by atoms with Crippen molar-refractivity contribution >= 4 is 34.2 Å². The highest BCUT2D eigenvalue weighted by molar-refractivity contribution is 5.95. The van der Waals surface area contributed by atoms with Crippen LogP contribution in [0.5, 0.6) is 0 Å². The van der Waals surface area contributed by atoms with Gasteiger partial charge in [-0.05, 0) is 36.4 Å². The molecule has 0 amide bonds. The Morgan fingerprint density at radius 3 is 2.76 bits per heavy atom. The summed E-state index contributed by atoms with van der Waals surface area (Å²) in [5.74, 6) is 1.82. The lowest BCUT2D eigenvalue weighted by Gasteiger charge is -2.27. The molecule has 9 heteroatoms. The second kappa shape index (κ2) is 7.36. The number of ether oxygens (including phenoxy) is 1. The van der Waals surface area contributed by atoms with E-state index in [1.807, 2.05) is 30.5 Å². The van der Waals surface area contributed by atoms with E-state index in [0.717, 1.165) is 60.0 Å². The molecule has 4 heterocycles. The van der Waals surface area contributed by atoms with Crippen LogP contribution in [0.3, 0.4) is 0 Å². The van der Waals surface area contributed by atoms with Gasteiger partial charge >= 0.3 is 0 Å². The fraction of sp³-hybridized carbons (Fsp3) is 0.200. The van der Waals surface area contributed by atoms with Gasteiger partial charge in [-0.2, -0.15) is 10.1 Å². The highest BCUT2D eigenvalue weighted by Gasteiger charge is 2.14. The van der Waals surface area contributed by atoms with Gasteiger partial charge in [0.05, 0.1) is 18.7 Å². The number of fused-ring (bicyclic) bond motifs is 1. The van der Waals surface area contributed by atoms with Crippen LogP contribution in [-0.2, 0) is 4.74 Å². The first-order valence-electron chi connectivity index (χ1n) is 9.39. The number of nitrogens with zero attached hydrogens (tertiary/aromatic N) is 5. The molecule has 0 atom stereocenters. The number of aromatic nitrogens is 5. The lowest BCUT2D eigenvalue weighted by molar-refractivity contribution is 0.122. The molecule has 1 aliphatic rings. The largest absolute Gasteiger partial charge is 0.378 e. The molecule has 4 aromatic rings. The summed E-state index contributed by atoms with van der Waals surface area (Å²) < 4.78 is 5.41. The van der Waals surface area contributed by atoms with Crippen LogP contribution in [0.1, 0.15) is 0 Å². The zero-order valence-electron chi connectivity index (χ0n) is 15.7. The number of pyridine rings is 1. The Hall–Kier alpha value is -3.72. The van der Waals surface area contributed by atoms with Crippen molar-refractivity contribution in [3.05, 3.63) is 48.8 Å². The maximum Gasteiger partial charge on any atom is 0.221 e. The average molecular weight is 388 g/mol. The van der Waals surface area contributed by atoms with E-state index >= 15 is 0 Å². The monoisotopic (exact) mass is 388 g/mol. The number of nitrogens with one attached hydrogen (secondary N) is 2. The van der Waals surface area contributed by atoms with Gasteiger partial charge in [0, 0.05) is 42.1 Å². The van der Waals surface area contributed by atoms with E-state index < -0.39 is 0 Å². The third-order valence-electron chi connectivity index (χ3n) is 4.87. The van der Waals surface area contributed by atoms with Gasteiger partial charge in [0.1, 0.15) is 17.3 Å². The van der Waals surface area contributed by atoms with Crippen LogP contribution >= 0.6 is 0 Å². The lowest BCUT2D eigenvalue weighted by atomic mass is 10.1. The summed E-state index contributed by atoms with van der Waals surface area (Å²) in [5.41, 5.74) is 9.30. The summed E-state index contributed by atoms with van der Waals surface area (Å²) in [7, 11) is 0. The van der Waals surface area contributed by atoms with Crippen LogP contribution in [0.4, 0.5) is 23.3 Å². The van der Waals surface area contributed by atoms with E-state index in [1.54, 1.807) is 12.3 Å². The molecule has 146 valence electrons. The van der Waals surface area contributed by atoms with Crippen molar-refractivity contribution in [2.75, 3.05) is 42.3 Å². The van der Waals surface area contributed by atoms with Gasteiger partial charge in [-0.25, -0.2) is 9.97 Å². The maximum absolute atomic E-state index is 5.66. The maximum atomic E-state index is 5.66. The van der Waals surface area contributed by atoms with Crippen molar-refractivity contribution in [2.24, 2.45) is 0 Å². The molecule has 4 N–H and O–H groups in total. The Labute approximate surface area is 167 Å². The van der Waals surface area contributed by atoms with Crippen molar-refractivity contribution < 1.29 is 4.74 Å². The number of aromatic amines is 1. The van der Waals surface area contributed by atoms with E-state index in [1.165, 1.54) is 0 Å². The number of hydrogen-bond donors (Lipinski definition) is 3. The fourth-order valence-corrected chi connectivity index (χ4v) is 3.41. The average Bonchev–Trinajstić information content (AvgIpc) is 3.18. The number of morpholine rings is 1.